The summed E-state index contributed by atoms with van der Waals surface area (Å²) in [4.78, 5) is 10.9. The van der Waals surface area contributed by atoms with E-state index < -0.39 is 5.72 Å². The van der Waals surface area contributed by atoms with Gasteiger partial charge in [0, 0.05) is 30.8 Å². The van der Waals surface area contributed by atoms with E-state index in [9.17, 15) is 9.90 Å². The first-order valence-electron chi connectivity index (χ1n) is 4.99. The van der Waals surface area contributed by atoms with E-state index in [1.54, 1.807) is 18.2 Å². The Labute approximate surface area is 88.3 Å². The zero-order valence-electron chi connectivity index (χ0n) is 8.36. The average Bonchev–Trinajstić information content (AvgIpc) is 2.30. The smallest absolute Gasteiger partial charge is 0.155 e. The highest BCUT2D eigenvalue weighted by atomic mass is 16.3. The lowest BCUT2D eigenvalue weighted by Gasteiger charge is -2.35. The lowest BCUT2D eigenvalue weighted by molar-refractivity contribution is -0.0117. The number of carbonyl (C=O) groups excluding carboxylic acids is 1. The highest BCUT2D eigenvalue weighted by Gasteiger charge is 2.32. The quantitative estimate of drug-likeness (QED) is 0.588. The Morgan fingerprint density at radius 2 is 2.13 bits per heavy atom. The number of carbonyl (C=O) groups is 1. The predicted molar refractivity (Wildman–Crippen MR) is 56.6 cm³/mol. The molecule has 0 unspecified atom stereocenters. The molecule has 1 fully saturated rings. The van der Waals surface area contributed by atoms with Crippen LogP contribution in [0.2, 0.25) is 0 Å². The normalized spacial score (nSPS) is 26.2. The molecular weight excluding hydrogens is 192 g/mol. The Morgan fingerprint density at radius 3 is 2.80 bits per heavy atom. The van der Waals surface area contributed by atoms with Gasteiger partial charge in [-0.3, -0.25) is 10.1 Å². The van der Waals surface area contributed by atoms with Gasteiger partial charge in [-0.1, -0.05) is 24.3 Å². The van der Waals surface area contributed by atoms with Gasteiger partial charge in [0.1, 0.15) is 6.29 Å². The summed E-state index contributed by atoms with van der Waals surface area (Å²) in [6.07, 6.45) is 0.767. The molecule has 4 nitrogen and oxygen atoms in total. The van der Waals surface area contributed by atoms with Crippen molar-refractivity contribution in [1.82, 2.24) is 10.6 Å². The van der Waals surface area contributed by atoms with E-state index in [2.05, 4.69) is 10.6 Å². The van der Waals surface area contributed by atoms with Gasteiger partial charge in [0.15, 0.2) is 5.72 Å². The third-order valence-corrected chi connectivity index (χ3v) is 2.63. The lowest BCUT2D eigenvalue weighted by Crippen LogP contribution is -2.57. The van der Waals surface area contributed by atoms with Crippen LogP contribution in [-0.4, -0.2) is 31.0 Å². The van der Waals surface area contributed by atoms with Gasteiger partial charge in [0.25, 0.3) is 0 Å². The topological polar surface area (TPSA) is 61.4 Å². The van der Waals surface area contributed by atoms with Crippen molar-refractivity contribution in [2.45, 2.75) is 5.72 Å². The average molecular weight is 206 g/mol. The first-order chi connectivity index (χ1) is 7.26. The maximum absolute atomic E-state index is 10.9. The largest absolute Gasteiger partial charge is 0.370 e. The number of nitrogens with one attached hydrogen (secondary N) is 2. The summed E-state index contributed by atoms with van der Waals surface area (Å²) in [6, 6.07) is 7.07. The van der Waals surface area contributed by atoms with Crippen LogP contribution in [0.15, 0.2) is 24.3 Å². The molecule has 0 saturated carbocycles. The monoisotopic (exact) mass is 206 g/mol. The van der Waals surface area contributed by atoms with E-state index in [1.807, 2.05) is 6.07 Å². The number of hydrogen-bond acceptors (Lipinski definition) is 4. The first kappa shape index (κ1) is 10.3. The molecule has 4 heteroatoms. The molecule has 80 valence electrons. The molecule has 2 rings (SSSR count). The van der Waals surface area contributed by atoms with Crippen LogP contribution in [0.4, 0.5) is 0 Å². The number of hydrogen-bond donors (Lipinski definition) is 3. The van der Waals surface area contributed by atoms with Crippen molar-refractivity contribution in [1.29, 1.82) is 0 Å². The highest BCUT2D eigenvalue weighted by Crippen LogP contribution is 2.21. The molecule has 1 saturated heterocycles. The Morgan fingerprint density at radius 1 is 1.33 bits per heavy atom. The third kappa shape index (κ3) is 1.92. The van der Waals surface area contributed by atoms with Crippen molar-refractivity contribution >= 4 is 6.29 Å². The lowest BCUT2D eigenvalue weighted by atomic mass is 9.96. The fourth-order valence-electron chi connectivity index (χ4n) is 1.86. The summed E-state index contributed by atoms with van der Waals surface area (Å²) in [6.45, 7) is 1.92. The molecule has 0 bridgehead atoms. The fourth-order valence-corrected chi connectivity index (χ4v) is 1.86. The minimum Gasteiger partial charge on any atom is -0.370 e. The molecule has 1 aliphatic rings. The second kappa shape index (κ2) is 4.10. The van der Waals surface area contributed by atoms with Crippen molar-refractivity contribution in [2.24, 2.45) is 0 Å². The van der Waals surface area contributed by atoms with Gasteiger partial charge in [-0.25, -0.2) is 0 Å². The van der Waals surface area contributed by atoms with Gasteiger partial charge in [-0.15, -0.1) is 0 Å². The van der Waals surface area contributed by atoms with Gasteiger partial charge in [0.2, 0.25) is 0 Å². The fraction of sp³-hybridized carbons (Fsp3) is 0.364. The van der Waals surface area contributed by atoms with Crippen LogP contribution in [0.5, 0.6) is 0 Å². The number of rotatable bonds is 2. The van der Waals surface area contributed by atoms with Gasteiger partial charge >= 0.3 is 0 Å². The summed E-state index contributed by atoms with van der Waals surface area (Å²) in [7, 11) is 0. The molecule has 1 atom stereocenters. The predicted octanol–water partition coefficient (Wildman–Crippen LogP) is -0.163. The Hall–Kier alpha value is -1.23. The minimum absolute atomic E-state index is 0.415. The molecule has 0 aromatic heterocycles. The van der Waals surface area contributed by atoms with Crippen molar-refractivity contribution in [3.05, 3.63) is 35.4 Å². The summed E-state index contributed by atoms with van der Waals surface area (Å²) in [5, 5.41) is 16.4. The summed E-state index contributed by atoms with van der Waals surface area (Å²) < 4.78 is 0. The van der Waals surface area contributed by atoms with Crippen LogP contribution in [0.3, 0.4) is 0 Å². The number of piperazine rings is 1. The van der Waals surface area contributed by atoms with Crippen LogP contribution in [0.1, 0.15) is 15.9 Å². The standard InChI is InChI=1S/C11H14N2O2/c14-7-9-3-1-2-4-10(9)11(15)8-12-5-6-13-11/h1-4,7,12-13,15H,5-6,8H2/t11-/m0/s1. The molecule has 0 radical (unpaired) electrons. The molecule has 1 aliphatic heterocycles. The minimum atomic E-state index is -1.13. The molecule has 0 spiro atoms. The van der Waals surface area contributed by atoms with Gasteiger partial charge in [-0.05, 0) is 0 Å². The van der Waals surface area contributed by atoms with Gasteiger partial charge in [-0.2, -0.15) is 0 Å². The summed E-state index contributed by atoms with van der Waals surface area (Å²) in [5.41, 5.74) is 0.0267. The zero-order chi connectivity index (χ0) is 10.7. The second-order valence-corrected chi connectivity index (χ2v) is 3.67. The van der Waals surface area contributed by atoms with Crippen LogP contribution >= 0.6 is 0 Å². The molecular formula is C11H14N2O2. The maximum Gasteiger partial charge on any atom is 0.155 e. The van der Waals surface area contributed by atoms with E-state index in [1.165, 1.54) is 0 Å². The molecule has 0 amide bonds. The number of benzene rings is 1. The van der Waals surface area contributed by atoms with Crippen molar-refractivity contribution in [3.8, 4) is 0 Å². The van der Waals surface area contributed by atoms with E-state index in [-0.39, 0.29) is 0 Å². The second-order valence-electron chi connectivity index (χ2n) is 3.67. The first-order valence-corrected chi connectivity index (χ1v) is 4.99. The van der Waals surface area contributed by atoms with Crippen molar-refractivity contribution in [2.75, 3.05) is 19.6 Å². The third-order valence-electron chi connectivity index (χ3n) is 2.63. The van der Waals surface area contributed by atoms with E-state index in [0.29, 0.717) is 24.2 Å². The van der Waals surface area contributed by atoms with Crippen LogP contribution in [-0.2, 0) is 5.72 Å². The molecule has 1 aromatic rings. The SMILES string of the molecule is O=Cc1ccccc1[C@@]1(O)CNCCN1. The Kier molecular flexibility index (Phi) is 2.81. The van der Waals surface area contributed by atoms with E-state index in [4.69, 9.17) is 0 Å². The summed E-state index contributed by atoms with van der Waals surface area (Å²) >= 11 is 0. The zero-order valence-corrected chi connectivity index (χ0v) is 8.36. The van der Waals surface area contributed by atoms with Crippen LogP contribution in [0.25, 0.3) is 0 Å². The molecule has 1 heterocycles. The molecule has 15 heavy (non-hydrogen) atoms. The van der Waals surface area contributed by atoms with E-state index in [0.717, 1.165) is 12.8 Å². The van der Waals surface area contributed by atoms with Crippen molar-refractivity contribution in [3.63, 3.8) is 0 Å². The number of aliphatic hydroxyl groups is 1. The molecule has 0 aliphatic carbocycles. The van der Waals surface area contributed by atoms with Crippen molar-refractivity contribution < 1.29 is 9.90 Å². The Balaban J connectivity index is 2.38. The van der Waals surface area contributed by atoms with Gasteiger partial charge < -0.3 is 10.4 Å². The van der Waals surface area contributed by atoms with Crippen LogP contribution in [0, 0.1) is 0 Å². The maximum atomic E-state index is 10.9. The summed E-state index contributed by atoms with van der Waals surface area (Å²) in [5.74, 6) is 0. The van der Waals surface area contributed by atoms with Crippen LogP contribution < -0.4 is 10.6 Å². The number of β-amino-alcohol motifs (C(OH)–C–C–N with tert-alkyl or cyclic N) is 1. The highest BCUT2D eigenvalue weighted by molar-refractivity contribution is 5.77. The van der Waals surface area contributed by atoms with Gasteiger partial charge in [0.05, 0.1) is 0 Å². The molecule has 3 N–H and O–H groups in total. The Bertz CT molecular complexity index is 359. The van der Waals surface area contributed by atoms with E-state index >= 15 is 0 Å². The molecule has 1 aromatic carbocycles. The number of aldehydes is 1.